The van der Waals surface area contributed by atoms with Crippen molar-refractivity contribution in [1.29, 1.82) is 0 Å². The van der Waals surface area contributed by atoms with Gasteiger partial charge in [-0.15, -0.1) is 0 Å². The summed E-state index contributed by atoms with van der Waals surface area (Å²) in [5.74, 6) is 0.392. The van der Waals surface area contributed by atoms with Gasteiger partial charge < -0.3 is 10.2 Å². The number of oxazole rings is 1. The van der Waals surface area contributed by atoms with Crippen LogP contribution in [0.2, 0.25) is 0 Å². The first-order valence-corrected chi connectivity index (χ1v) is 7.95. The Morgan fingerprint density at radius 3 is 2.71 bits per heavy atom. The molecule has 1 heterocycles. The van der Waals surface area contributed by atoms with Gasteiger partial charge in [0, 0.05) is 5.69 Å². The van der Waals surface area contributed by atoms with Gasteiger partial charge in [-0.25, -0.2) is 9.19 Å². The molecule has 2 aromatic carbocycles. The van der Waals surface area contributed by atoms with E-state index in [2.05, 4.69) is 11.9 Å². The minimum Gasteiger partial charge on any atom is -0.430 e. The summed E-state index contributed by atoms with van der Waals surface area (Å²) in [5, 5.41) is 0.244. The summed E-state index contributed by atoms with van der Waals surface area (Å²) in [6.07, 6.45) is 0. The number of aryl methyl sites for hydroxylation is 2. The molecule has 1 aromatic heterocycles. The summed E-state index contributed by atoms with van der Waals surface area (Å²) < 4.78 is 17.9. The topological polar surface area (TPSA) is 69.1 Å². The lowest BCUT2D eigenvalue weighted by molar-refractivity contribution is 0.477. The van der Waals surface area contributed by atoms with Gasteiger partial charge in [0.25, 0.3) is 5.22 Å². The Kier molecular flexibility index (Phi) is 3.51. The molecule has 0 saturated carbocycles. The molecule has 0 aliphatic rings. The van der Waals surface area contributed by atoms with Crippen LogP contribution in [0, 0.1) is 13.8 Å². The molecular formula is C16H16N2O2S. The van der Waals surface area contributed by atoms with Crippen molar-refractivity contribution in [2.75, 3.05) is 5.73 Å². The number of hydrogen-bond donors (Lipinski definition) is 1. The van der Waals surface area contributed by atoms with Crippen molar-refractivity contribution in [2.45, 2.75) is 24.8 Å². The Bertz CT molecular complexity index is 839. The van der Waals surface area contributed by atoms with Crippen LogP contribution in [-0.4, -0.2) is 9.19 Å². The number of benzene rings is 2. The first kappa shape index (κ1) is 13.8. The lowest BCUT2D eigenvalue weighted by Gasteiger charge is -2.03. The zero-order valence-corrected chi connectivity index (χ0v) is 12.7. The molecule has 0 amide bonds. The van der Waals surface area contributed by atoms with E-state index in [4.69, 9.17) is 10.2 Å². The maximum Gasteiger partial charge on any atom is 0.288 e. The standard InChI is InChI=1S/C16H16N2O2S/c1-10-3-4-12(7-11(10)2)9-21(19)16-18-14-8-13(17)5-6-15(14)20-16/h3-8H,9,17H2,1-2H3. The van der Waals surface area contributed by atoms with Crippen LogP contribution in [0.15, 0.2) is 46.0 Å². The Balaban J connectivity index is 1.87. The number of nitrogens with zero attached hydrogens (tertiary/aromatic N) is 1. The minimum absolute atomic E-state index is 0.244. The smallest absolute Gasteiger partial charge is 0.288 e. The van der Waals surface area contributed by atoms with Crippen molar-refractivity contribution < 1.29 is 8.63 Å². The van der Waals surface area contributed by atoms with Crippen LogP contribution in [0.3, 0.4) is 0 Å². The largest absolute Gasteiger partial charge is 0.430 e. The Morgan fingerprint density at radius 2 is 1.95 bits per heavy atom. The molecule has 0 aliphatic heterocycles. The van der Waals surface area contributed by atoms with Gasteiger partial charge in [-0.3, -0.25) is 0 Å². The molecule has 1 unspecified atom stereocenters. The van der Waals surface area contributed by atoms with Crippen LogP contribution in [0.1, 0.15) is 16.7 Å². The molecule has 1 atom stereocenters. The zero-order chi connectivity index (χ0) is 15.0. The van der Waals surface area contributed by atoms with E-state index < -0.39 is 10.8 Å². The number of anilines is 1. The highest BCUT2D eigenvalue weighted by atomic mass is 32.2. The van der Waals surface area contributed by atoms with E-state index in [1.54, 1.807) is 18.2 Å². The van der Waals surface area contributed by atoms with Gasteiger partial charge in [-0.1, -0.05) is 18.2 Å². The molecule has 0 aliphatic carbocycles. The third-order valence-corrected chi connectivity index (χ3v) is 4.62. The van der Waals surface area contributed by atoms with E-state index in [-0.39, 0.29) is 5.22 Å². The third-order valence-electron chi connectivity index (χ3n) is 3.46. The van der Waals surface area contributed by atoms with E-state index in [1.165, 1.54) is 11.1 Å². The second-order valence-electron chi connectivity index (χ2n) is 5.12. The lowest BCUT2D eigenvalue weighted by Crippen LogP contribution is -1.97. The van der Waals surface area contributed by atoms with Gasteiger partial charge in [-0.05, 0) is 48.7 Å². The van der Waals surface area contributed by atoms with Gasteiger partial charge in [0.05, 0.1) is 5.75 Å². The fraction of sp³-hybridized carbons (Fsp3) is 0.188. The molecular weight excluding hydrogens is 284 g/mol. The van der Waals surface area contributed by atoms with Crippen molar-refractivity contribution in [2.24, 2.45) is 0 Å². The van der Waals surface area contributed by atoms with Crippen molar-refractivity contribution >= 4 is 27.6 Å². The molecule has 5 heteroatoms. The molecule has 2 N–H and O–H groups in total. The van der Waals surface area contributed by atoms with Crippen LogP contribution in [-0.2, 0) is 16.6 Å². The van der Waals surface area contributed by atoms with Gasteiger partial charge in [0.15, 0.2) is 5.58 Å². The molecule has 108 valence electrons. The normalized spacial score (nSPS) is 12.7. The van der Waals surface area contributed by atoms with Gasteiger partial charge in [0.2, 0.25) is 0 Å². The monoisotopic (exact) mass is 300 g/mol. The van der Waals surface area contributed by atoms with Crippen LogP contribution >= 0.6 is 0 Å². The van der Waals surface area contributed by atoms with Crippen LogP contribution < -0.4 is 5.73 Å². The number of hydrogen-bond acceptors (Lipinski definition) is 4. The number of rotatable bonds is 3. The maximum absolute atomic E-state index is 12.4. The first-order valence-electron chi connectivity index (χ1n) is 6.63. The molecule has 0 radical (unpaired) electrons. The molecule has 3 rings (SSSR count). The average molecular weight is 300 g/mol. The first-order chi connectivity index (χ1) is 10.0. The number of aromatic nitrogens is 1. The van der Waals surface area contributed by atoms with Crippen molar-refractivity contribution in [3.8, 4) is 0 Å². The molecule has 4 nitrogen and oxygen atoms in total. The van der Waals surface area contributed by atoms with Crippen molar-refractivity contribution in [1.82, 2.24) is 4.98 Å². The Labute approximate surface area is 125 Å². The molecule has 0 spiro atoms. The van der Waals surface area contributed by atoms with Crippen molar-refractivity contribution in [3.05, 3.63) is 53.1 Å². The maximum atomic E-state index is 12.4. The molecule has 3 aromatic rings. The number of nitrogens with two attached hydrogens (primary N) is 1. The second-order valence-corrected chi connectivity index (χ2v) is 6.44. The quantitative estimate of drug-likeness (QED) is 0.753. The predicted molar refractivity (Wildman–Crippen MR) is 84.4 cm³/mol. The summed E-state index contributed by atoms with van der Waals surface area (Å²) in [6, 6.07) is 11.3. The van der Waals surface area contributed by atoms with Crippen LogP contribution in [0.25, 0.3) is 11.1 Å². The zero-order valence-electron chi connectivity index (χ0n) is 11.9. The highest BCUT2D eigenvalue weighted by molar-refractivity contribution is 7.84. The number of fused-ring (bicyclic) bond motifs is 1. The van der Waals surface area contributed by atoms with E-state index in [1.807, 2.05) is 25.1 Å². The average Bonchev–Trinajstić information content (AvgIpc) is 2.86. The third kappa shape index (κ3) is 2.83. The fourth-order valence-electron chi connectivity index (χ4n) is 2.13. The van der Waals surface area contributed by atoms with Gasteiger partial charge in [-0.2, -0.15) is 0 Å². The highest BCUT2D eigenvalue weighted by Gasteiger charge is 2.14. The molecule has 0 saturated heterocycles. The summed E-state index contributed by atoms with van der Waals surface area (Å²) in [5.41, 5.74) is 11.0. The summed E-state index contributed by atoms with van der Waals surface area (Å²) in [6.45, 7) is 4.10. The lowest BCUT2D eigenvalue weighted by atomic mass is 10.1. The summed E-state index contributed by atoms with van der Waals surface area (Å²) in [4.78, 5) is 4.26. The SMILES string of the molecule is Cc1ccc(CS(=O)c2nc3cc(N)ccc3o2)cc1C. The Hall–Kier alpha value is -2.14. The van der Waals surface area contributed by atoms with Crippen LogP contribution in [0.5, 0.6) is 0 Å². The fourth-order valence-corrected chi connectivity index (χ4v) is 3.12. The second kappa shape index (κ2) is 5.33. The van der Waals surface area contributed by atoms with E-state index in [0.717, 1.165) is 5.56 Å². The van der Waals surface area contributed by atoms with Gasteiger partial charge in [0.1, 0.15) is 16.3 Å². The molecule has 21 heavy (non-hydrogen) atoms. The predicted octanol–water partition coefficient (Wildman–Crippen LogP) is 3.33. The highest BCUT2D eigenvalue weighted by Crippen LogP contribution is 2.22. The summed E-state index contributed by atoms with van der Waals surface area (Å²) >= 11 is 0. The Morgan fingerprint density at radius 1 is 1.14 bits per heavy atom. The van der Waals surface area contributed by atoms with Crippen LogP contribution in [0.4, 0.5) is 5.69 Å². The molecule has 0 fully saturated rings. The molecule has 0 bridgehead atoms. The summed E-state index contributed by atoms with van der Waals surface area (Å²) in [7, 11) is -1.31. The van der Waals surface area contributed by atoms with E-state index in [0.29, 0.717) is 22.5 Å². The van der Waals surface area contributed by atoms with E-state index in [9.17, 15) is 4.21 Å². The number of nitrogen functional groups attached to an aromatic ring is 1. The van der Waals surface area contributed by atoms with Crippen molar-refractivity contribution in [3.63, 3.8) is 0 Å². The minimum atomic E-state index is -1.31. The van der Waals surface area contributed by atoms with Gasteiger partial charge >= 0.3 is 0 Å². The van der Waals surface area contributed by atoms with E-state index >= 15 is 0 Å².